The van der Waals surface area contributed by atoms with Crippen molar-refractivity contribution in [2.75, 3.05) is 18.0 Å². The molecule has 1 aliphatic heterocycles. The van der Waals surface area contributed by atoms with Crippen LogP contribution in [0.1, 0.15) is 33.3 Å². The minimum atomic E-state index is 0.237. The molecule has 0 N–H and O–H groups in total. The molecule has 1 aliphatic rings. The normalized spacial score (nSPS) is 21.1. The van der Waals surface area contributed by atoms with Crippen molar-refractivity contribution in [3.8, 4) is 0 Å². The maximum Gasteiger partial charge on any atom is 0.0389 e. The largest absolute Gasteiger partial charge is 0.367 e. The summed E-state index contributed by atoms with van der Waals surface area (Å²) < 4.78 is 0. The van der Waals surface area contributed by atoms with Gasteiger partial charge in [-0.1, -0.05) is 52.0 Å². The summed E-state index contributed by atoms with van der Waals surface area (Å²) in [6.07, 6.45) is 0. The number of anilines is 1. The van der Waals surface area contributed by atoms with Gasteiger partial charge in [-0.05, 0) is 29.0 Å². The van der Waals surface area contributed by atoms with Gasteiger partial charge in [0.15, 0.2) is 0 Å². The lowest BCUT2D eigenvalue weighted by Gasteiger charge is -2.22. The van der Waals surface area contributed by atoms with Crippen molar-refractivity contribution < 1.29 is 0 Å². The molecule has 0 aliphatic carbocycles. The van der Waals surface area contributed by atoms with Gasteiger partial charge in [-0.2, -0.15) is 0 Å². The molecule has 0 amide bonds. The molecule has 1 aromatic carbocycles. The van der Waals surface area contributed by atoms with Crippen LogP contribution in [-0.2, 0) is 5.41 Å². The van der Waals surface area contributed by atoms with Crippen LogP contribution in [0, 0.1) is 5.92 Å². The predicted molar refractivity (Wildman–Crippen MR) is 75.7 cm³/mol. The highest BCUT2D eigenvalue weighted by Gasteiger charge is 2.22. The molecule has 1 aromatic rings. The second-order valence-corrected chi connectivity index (χ2v) is 6.24. The van der Waals surface area contributed by atoms with Gasteiger partial charge in [0, 0.05) is 18.8 Å². The third-order valence-corrected chi connectivity index (χ3v) is 3.68. The number of nitrogens with zero attached hydrogens (tertiary/aromatic N) is 1. The van der Waals surface area contributed by atoms with Crippen molar-refractivity contribution in [1.29, 1.82) is 0 Å². The molecule has 1 heteroatoms. The molecule has 0 aromatic heterocycles. The summed E-state index contributed by atoms with van der Waals surface area (Å²) in [5, 5.41) is 0. The van der Waals surface area contributed by atoms with Gasteiger partial charge in [0.1, 0.15) is 0 Å². The molecule has 92 valence electrons. The third-order valence-electron chi connectivity index (χ3n) is 3.68. The van der Waals surface area contributed by atoms with Gasteiger partial charge in [0.2, 0.25) is 0 Å². The molecule has 0 radical (unpaired) electrons. The Morgan fingerprint density at radius 3 is 2.18 bits per heavy atom. The summed E-state index contributed by atoms with van der Waals surface area (Å²) in [5.41, 5.74) is 4.31. The number of rotatable bonds is 1. The van der Waals surface area contributed by atoms with E-state index in [1.807, 2.05) is 0 Å². The first-order valence-corrected chi connectivity index (χ1v) is 6.41. The molecule has 0 saturated carbocycles. The Morgan fingerprint density at radius 2 is 1.76 bits per heavy atom. The molecule has 1 fully saturated rings. The van der Waals surface area contributed by atoms with Crippen molar-refractivity contribution in [3.05, 3.63) is 42.0 Å². The van der Waals surface area contributed by atoms with Crippen molar-refractivity contribution in [1.82, 2.24) is 0 Å². The lowest BCUT2D eigenvalue weighted by Crippen LogP contribution is -2.19. The van der Waals surface area contributed by atoms with Crippen LogP contribution in [-0.4, -0.2) is 13.1 Å². The summed E-state index contributed by atoms with van der Waals surface area (Å²) >= 11 is 0. The Bertz CT molecular complexity index is 408. The molecular formula is C16H23N. The SMILES string of the molecule is C=C1CN(c2ccc(C(C)(C)C)cc2)C[C@@H]1C. The number of hydrogen-bond acceptors (Lipinski definition) is 1. The van der Waals surface area contributed by atoms with Gasteiger partial charge in [-0.3, -0.25) is 0 Å². The maximum atomic E-state index is 4.13. The first-order valence-electron chi connectivity index (χ1n) is 6.41. The van der Waals surface area contributed by atoms with E-state index >= 15 is 0 Å². The average molecular weight is 229 g/mol. The number of benzene rings is 1. The smallest absolute Gasteiger partial charge is 0.0389 e. The fourth-order valence-electron chi connectivity index (χ4n) is 2.29. The highest BCUT2D eigenvalue weighted by Crippen LogP contribution is 2.29. The second kappa shape index (κ2) is 4.21. The molecule has 0 bridgehead atoms. The van der Waals surface area contributed by atoms with Crippen LogP contribution in [0.5, 0.6) is 0 Å². The summed E-state index contributed by atoms with van der Waals surface area (Å²) in [7, 11) is 0. The maximum absolute atomic E-state index is 4.13. The minimum Gasteiger partial charge on any atom is -0.367 e. The predicted octanol–water partition coefficient (Wildman–Crippen LogP) is 4.00. The van der Waals surface area contributed by atoms with Crippen LogP contribution in [0.2, 0.25) is 0 Å². The second-order valence-electron chi connectivity index (χ2n) is 6.24. The first kappa shape index (κ1) is 12.2. The summed E-state index contributed by atoms with van der Waals surface area (Å²) in [6.45, 7) is 15.3. The molecule has 1 atom stereocenters. The van der Waals surface area contributed by atoms with E-state index in [9.17, 15) is 0 Å². The van der Waals surface area contributed by atoms with E-state index in [-0.39, 0.29) is 5.41 Å². The summed E-state index contributed by atoms with van der Waals surface area (Å²) in [4.78, 5) is 2.42. The van der Waals surface area contributed by atoms with Gasteiger partial charge in [0.05, 0.1) is 0 Å². The summed E-state index contributed by atoms with van der Waals surface area (Å²) in [5.74, 6) is 0.622. The lowest BCUT2D eigenvalue weighted by atomic mass is 9.87. The van der Waals surface area contributed by atoms with Crippen molar-refractivity contribution in [2.45, 2.75) is 33.1 Å². The fraction of sp³-hybridized carbons (Fsp3) is 0.500. The Labute approximate surface area is 105 Å². The van der Waals surface area contributed by atoms with E-state index in [2.05, 4.69) is 63.4 Å². The van der Waals surface area contributed by atoms with Crippen LogP contribution in [0.15, 0.2) is 36.4 Å². The summed E-state index contributed by atoms with van der Waals surface area (Å²) in [6, 6.07) is 8.99. The van der Waals surface area contributed by atoms with Crippen LogP contribution in [0.25, 0.3) is 0 Å². The molecule has 1 heterocycles. The molecule has 0 unspecified atom stereocenters. The van der Waals surface area contributed by atoms with Crippen LogP contribution >= 0.6 is 0 Å². The van der Waals surface area contributed by atoms with E-state index < -0.39 is 0 Å². The third kappa shape index (κ3) is 2.54. The van der Waals surface area contributed by atoms with E-state index in [1.165, 1.54) is 16.8 Å². The van der Waals surface area contributed by atoms with Gasteiger partial charge in [-0.15, -0.1) is 0 Å². The lowest BCUT2D eigenvalue weighted by molar-refractivity contribution is 0.590. The molecular weight excluding hydrogens is 206 g/mol. The number of hydrogen-bond donors (Lipinski definition) is 0. The van der Waals surface area contributed by atoms with Crippen LogP contribution in [0.3, 0.4) is 0 Å². The average Bonchev–Trinajstić information content (AvgIpc) is 2.58. The zero-order valence-corrected chi connectivity index (χ0v) is 11.5. The minimum absolute atomic E-state index is 0.237. The van der Waals surface area contributed by atoms with Crippen molar-refractivity contribution in [2.24, 2.45) is 5.92 Å². The highest BCUT2D eigenvalue weighted by atomic mass is 15.2. The Hall–Kier alpha value is -1.24. The Morgan fingerprint density at radius 1 is 1.18 bits per heavy atom. The van der Waals surface area contributed by atoms with Gasteiger partial charge in [-0.25, -0.2) is 0 Å². The monoisotopic (exact) mass is 229 g/mol. The molecule has 1 saturated heterocycles. The Balaban J connectivity index is 2.17. The quantitative estimate of drug-likeness (QED) is 0.658. The van der Waals surface area contributed by atoms with E-state index in [0.29, 0.717) is 5.92 Å². The topological polar surface area (TPSA) is 3.24 Å². The molecule has 2 rings (SSSR count). The zero-order chi connectivity index (χ0) is 12.6. The Kier molecular flexibility index (Phi) is 3.03. The van der Waals surface area contributed by atoms with Crippen LogP contribution in [0.4, 0.5) is 5.69 Å². The molecule has 0 spiro atoms. The van der Waals surface area contributed by atoms with E-state index in [4.69, 9.17) is 0 Å². The zero-order valence-electron chi connectivity index (χ0n) is 11.5. The molecule has 1 nitrogen and oxygen atoms in total. The highest BCUT2D eigenvalue weighted by molar-refractivity contribution is 5.51. The van der Waals surface area contributed by atoms with Crippen LogP contribution < -0.4 is 4.90 Å². The van der Waals surface area contributed by atoms with Gasteiger partial charge in [0.25, 0.3) is 0 Å². The first-order chi connectivity index (χ1) is 7.88. The van der Waals surface area contributed by atoms with Gasteiger partial charge >= 0.3 is 0 Å². The van der Waals surface area contributed by atoms with Gasteiger partial charge < -0.3 is 4.90 Å². The van der Waals surface area contributed by atoms with E-state index in [0.717, 1.165) is 13.1 Å². The molecule has 17 heavy (non-hydrogen) atoms. The van der Waals surface area contributed by atoms with Crippen molar-refractivity contribution in [3.63, 3.8) is 0 Å². The van der Waals surface area contributed by atoms with Crippen molar-refractivity contribution >= 4 is 5.69 Å². The standard InChI is InChI=1S/C16H23N/c1-12-10-17(11-13(12)2)15-8-6-14(7-9-15)16(3,4)5/h6-9,13H,1,10-11H2,2-5H3/t13-/m0/s1. The fourth-order valence-corrected chi connectivity index (χ4v) is 2.29. The van der Waals surface area contributed by atoms with E-state index in [1.54, 1.807) is 0 Å².